The molecule has 0 saturated heterocycles. The van der Waals surface area contributed by atoms with Gasteiger partial charge in [0.1, 0.15) is 0 Å². The average molecular weight is 774 g/mol. The highest BCUT2D eigenvalue weighted by molar-refractivity contribution is 5.25. The molecule has 0 aliphatic rings. The van der Waals surface area contributed by atoms with Gasteiger partial charge in [0.25, 0.3) is 0 Å². The van der Waals surface area contributed by atoms with E-state index in [9.17, 15) is 0 Å². The summed E-state index contributed by atoms with van der Waals surface area (Å²) in [6, 6.07) is 0. The molecule has 0 spiro atoms. The van der Waals surface area contributed by atoms with Crippen LogP contribution in [0.15, 0.2) is 23.8 Å². The SMILES string of the molecule is CCCCCCCCC(CC)CCCCCCCN(CCCCCCCC(CCCCCCCC)CCCCCCCC)CCCNC(=C/N)/C(=C\N)NC. The molecule has 0 amide bonds. The van der Waals surface area contributed by atoms with Gasteiger partial charge in [-0.3, -0.25) is 0 Å². The number of nitrogens with one attached hydrogen (secondary N) is 2. The van der Waals surface area contributed by atoms with E-state index in [-0.39, 0.29) is 0 Å². The molecule has 0 heterocycles. The fourth-order valence-corrected chi connectivity index (χ4v) is 8.64. The second-order valence-corrected chi connectivity index (χ2v) is 17.5. The van der Waals surface area contributed by atoms with E-state index in [0.29, 0.717) is 0 Å². The highest BCUT2D eigenvalue weighted by Crippen LogP contribution is 2.25. The van der Waals surface area contributed by atoms with Gasteiger partial charge in [0, 0.05) is 26.0 Å². The molecule has 6 N–H and O–H groups in total. The number of nitrogens with zero attached hydrogens (tertiary/aromatic N) is 1. The molecule has 0 aromatic rings. The van der Waals surface area contributed by atoms with Gasteiger partial charge in [-0.15, -0.1) is 0 Å². The van der Waals surface area contributed by atoms with Crippen molar-refractivity contribution in [3.63, 3.8) is 0 Å². The average Bonchev–Trinajstić information content (AvgIpc) is 3.20. The predicted molar refractivity (Wildman–Crippen MR) is 249 cm³/mol. The second kappa shape index (κ2) is 43.8. The van der Waals surface area contributed by atoms with Gasteiger partial charge in [0.05, 0.1) is 11.4 Å². The maximum absolute atomic E-state index is 5.89. The second-order valence-electron chi connectivity index (χ2n) is 17.5. The molecule has 0 fully saturated rings. The minimum atomic E-state index is 0.850. The van der Waals surface area contributed by atoms with Crippen LogP contribution in [0.5, 0.6) is 0 Å². The van der Waals surface area contributed by atoms with Crippen molar-refractivity contribution in [2.24, 2.45) is 23.3 Å². The monoisotopic (exact) mass is 774 g/mol. The third-order valence-electron chi connectivity index (χ3n) is 12.5. The number of likely N-dealkylation sites (N-methyl/N-ethyl adjacent to an activating group) is 1. The highest BCUT2D eigenvalue weighted by atomic mass is 15.1. The minimum absolute atomic E-state index is 0.850. The smallest absolute Gasteiger partial charge is 0.0748 e. The first-order chi connectivity index (χ1) is 27.1. The van der Waals surface area contributed by atoms with E-state index in [4.69, 9.17) is 11.5 Å². The van der Waals surface area contributed by atoms with E-state index in [1.165, 1.54) is 231 Å². The van der Waals surface area contributed by atoms with E-state index >= 15 is 0 Å². The zero-order chi connectivity index (χ0) is 40.3. The fraction of sp³-hybridized carbons (Fsp3) is 0.920. The number of rotatable bonds is 45. The van der Waals surface area contributed by atoms with Crippen LogP contribution in [-0.2, 0) is 0 Å². The van der Waals surface area contributed by atoms with E-state index in [1.807, 2.05) is 7.05 Å². The van der Waals surface area contributed by atoms with Gasteiger partial charge in [-0.2, -0.15) is 0 Å². The summed E-state index contributed by atoms with van der Waals surface area (Å²) >= 11 is 0. The lowest BCUT2D eigenvalue weighted by Crippen LogP contribution is -2.30. The summed E-state index contributed by atoms with van der Waals surface area (Å²) in [7, 11) is 1.88. The lowest BCUT2D eigenvalue weighted by atomic mass is 9.89. The maximum Gasteiger partial charge on any atom is 0.0748 e. The Balaban J connectivity index is 4.60. The van der Waals surface area contributed by atoms with Gasteiger partial charge in [-0.05, 0) is 50.7 Å². The number of hydrogen-bond acceptors (Lipinski definition) is 5. The Bertz CT molecular complexity index is 794. The van der Waals surface area contributed by atoms with Crippen LogP contribution in [0.1, 0.15) is 252 Å². The standard InChI is InChI=1S/C50H103N5/c1-6-10-13-16-21-28-36-47(9-4)37-29-24-19-26-33-42-55(44-35-41-54-50(46-52)49(45-51)53-5)43-34-27-20-25-32-40-48(38-30-22-17-14-11-7-2)39-31-23-18-15-12-8-3/h45-48,53-54H,6-44,51-52H2,1-5H3/b49-45+,50-46+. The maximum atomic E-state index is 5.89. The molecular weight excluding hydrogens is 671 g/mol. The molecule has 0 rings (SSSR count). The fourth-order valence-electron chi connectivity index (χ4n) is 8.64. The predicted octanol–water partition coefficient (Wildman–Crippen LogP) is 14.7. The van der Waals surface area contributed by atoms with Crippen LogP contribution < -0.4 is 22.1 Å². The molecule has 328 valence electrons. The van der Waals surface area contributed by atoms with Crippen LogP contribution in [0.2, 0.25) is 0 Å². The zero-order valence-corrected chi connectivity index (χ0v) is 38.5. The molecule has 1 atom stereocenters. The number of unbranched alkanes of at least 4 members (excludes halogenated alkanes) is 23. The summed E-state index contributed by atoms with van der Waals surface area (Å²) in [5.41, 5.74) is 13.4. The largest absolute Gasteiger partial charge is 0.403 e. The Hall–Kier alpha value is -1.36. The molecule has 1 unspecified atom stereocenters. The lowest BCUT2D eigenvalue weighted by Gasteiger charge is -2.23. The Morgan fingerprint density at radius 1 is 0.418 bits per heavy atom. The van der Waals surface area contributed by atoms with Crippen molar-refractivity contribution in [1.82, 2.24) is 15.5 Å². The molecule has 5 heteroatoms. The van der Waals surface area contributed by atoms with Gasteiger partial charge in [-0.25, -0.2) is 0 Å². The van der Waals surface area contributed by atoms with Crippen molar-refractivity contribution in [1.29, 1.82) is 0 Å². The molecule has 0 aromatic carbocycles. The summed E-state index contributed by atoms with van der Waals surface area (Å²) in [6.07, 6.45) is 52.9. The van der Waals surface area contributed by atoms with Crippen molar-refractivity contribution in [3.8, 4) is 0 Å². The molecule has 0 aromatic heterocycles. The Morgan fingerprint density at radius 2 is 0.745 bits per heavy atom. The van der Waals surface area contributed by atoms with Crippen molar-refractivity contribution in [3.05, 3.63) is 23.8 Å². The Kier molecular flexibility index (Phi) is 42.7. The summed E-state index contributed by atoms with van der Waals surface area (Å²) in [4.78, 5) is 2.76. The Morgan fingerprint density at radius 3 is 1.09 bits per heavy atom. The van der Waals surface area contributed by atoms with E-state index < -0.39 is 0 Å². The minimum Gasteiger partial charge on any atom is -0.403 e. The van der Waals surface area contributed by atoms with Crippen molar-refractivity contribution < 1.29 is 0 Å². The van der Waals surface area contributed by atoms with Gasteiger partial charge < -0.3 is 27.0 Å². The van der Waals surface area contributed by atoms with Crippen molar-refractivity contribution in [2.45, 2.75) is 252 Å². The van der Waals surface area contributed by atoms with Crippen LogP contribution in [0, 0.1) is 11.8 Å². The molecule has 0 bridgehead atoms. The summed E-state index contributed by atoms with van der Waals surface area (Å²) < 4.78 is 0. The molecular formula is C50H103N5. The third kappa shape index (κ3) is 35.5. The summed E-state index contributed by atoms with van der Waals surface area (Å²) in [5, 5.41) is 6.63. The van der Waals surface area contributed by atoms with Crippen molar-refractivity contribution in [2.75, 3.05) is 33.2 Å². The molecule has 5 nitrogen and oxygen atoms in total. The third-order valence-corrected chi connectivity index (χ3v) is 12.5. The zero-order valence-electron chi connectivity index (χ0n) is 38.5. The highest BCUT2D eigenvalue weighted by Gasteiger charge is 2.11. The van der Waals surface area contributed by atoms with Crippen LogP contribution in [0.4, 0.5) is 0 Å². The normalized spacial score (nSPS) is 13.0. The first kappa shape index (κ1) is 53.6. The van der Waals surface area contributed by atoms with E-state index in [0.717, 1.165) is 42.7 Å². The first-order valence-corrected chi connectivity index (χ1v) is 25.1. The van der Waals surface area contributed by atoms with E-state index in [2.05, 4.69) is 43.2 Å². The van der Waals surface area contributed by atoms with Gasteiger partial charge in [-0.1, -0.05) is 233 Å². The molecule has 0 saturated carbocycles. The number of hydrogen-bond donors (Lipinski definition) is 4. The summed E-state index contributed by atoms with van der Waals surface area (Å²) in [5.74, 6) is 1.95. The van der Waals surface area contributed by atoms with Crippen LogP contribution in [0.3, 0.4) is 0 Å². The van der Waals surface area contributed by atoms with Crippen LogP contribution in [-0.4, -0.2) is 38.1 Å². The molecule has 0 aliphatic carbocycles. The number of nitrogens with two attached hydrogens (primary N) is 2. The Labute approximate surface area is 347 Å². The van der Waals surface area contributed by atoms with Crippen molar-refractivity contribution >= 4 is 0 Å². The summed E-state index contributed by atoms with van der Waals surface area (Å²) in [6.45, 7) is 13.9. The topological polar surface area (TPSA) is 79.3 Å². The van der Waals surface area contributed by atoms with Gasteiger partial charge in [0.15, 0.2) is 0 Å². The first-order valence-electron chi connectivity index (χ1n) is 25.1. The van der Waals surface area contributed by atoms with Gasteiger partial charge >= 0.3 is 0 Å². The quantitative estimate of drug-likeness (QED) is 0.0366. The van der Waals surface area contributed by atoms with E-state index in [1.54, 1.807) is 12.4 Å². The molecule has 55 heavy (non-hydrogen) atoms. The molecule has 0 aliphatic heterocycles. The van der Waals surface area contributed by atoms with Crippen LogP contribution in [0.25, 0.3) is 0 Å². The van der Waals surface area contributed by atoms with Crippen LogP contribution >= 0.6 is 0 Å². The lowest BCUT2D eigenvalue weighted by molar-refractivity contribution is 0.256. The van der Waals surface area contributed by atoms with Gasteiger partial charge in [0.2, 0.25) is 0 Å². The molecule has 0 radical (unpaired) electrons.